The van der Waals surface area contributed by atoms with Gasteiger partial charge >= 0.3 is 0 Å². The molecule has 0 bridgehead atoms. The molecule has 1 aromatic carbocycles. The van der Waals surface area contributed by atoms with Crippen molar-refractivity contribution in [2.45, 2.75) is 37.1 Å². The summed E-state index contributed by atoms with van der Waals surface area (Å²) in [6.07, 6.45) is 6.29. The van der Waals surface area contributed by atoms with Crippen LogP contribution in [0.2, 0.25) is 0 Å². The van der Waals surface area contributed by atoms with Crippen molar-refractivity contribution < 1.29 is 14.0 Å². The molecule has 1 saturated carbocycles. The Morgan fingerprint density at radius 2 is 1.97 bits per heavy atom. The average Bonchev–Trinajstić information content (AvgIpc) is 3.52. The molecule has 6 nitrogen and oxygen atoms in total. The molecule has 9 heteroatoms. The van der Waals surface area contributed by atoms with Gasteiger partial charge in [0.25, 0.3) is 0 Å². The van der Waals surface area contributed by atoms with Crippen molar-refractivity contribution in [3.05, 3.63) is 59.2 Å². The molecule has 1 saturated heterocycles. The van der Waals surface area contributed by atoms with Crippen LogP contribution in [0.25, 0.3) is 6.08 Å². The molecule has 2 heterocycles. The van der Waals surface area contributed by atoms with Crippen LogP contribution in [-0.2, 0) is 16.1 Å². The molecule has 2 unspecified atom stereocenters. The number of hydrogen-bond donors (Lipinski definition) is 1. The number of carbonyl (C=O) groups excluding carboxylic acids is 2. The number of benzene rings is 1. The van der Waals surface area contributed by atoms with Crippen LogP contribution in [0.5, 0.6) is 0 Å². The van der Waals surface area contributed by atoms with Crippen molar-refractivity contribution in [3.63, 3.8) is 0 Å². The fraction of sp³-hybridized carbons (Fsp3) is 0.458. The predicted octanol–water partition coefficient (Wildman–Crippen LogP) is 3.64. The molecule has 1 aliphatic carbocycles. The van der Waals surface area contributed by atoms with E-state index in [-0.39, 0.29) is 47.6 Å². The maximum Gasteiger partial charge on any atom is 0.243 e. The first kappa shape index (κ1) is 25.5. The van der Waals surface area contributed by atoms with E-state index in [1.165, 1.54) is 11.0 Å². The summed E-state index contributed by atoms with van der Waals surface area (Å²) in [6, 6.07) is 7.86. The lowest BCUT2D eigenvalue weighted by atomic mass is 9.93. The molecule has 1 aromatic heterocycles. The maximum atomic E-state index is 14.7. The second-order valence-corrected chi connectivity index (χ2v) is 9.44. The number of carbonyl (C=O) groups is 2. The van der Waals surface area contributed by atoms with Gasteiger partial charge in [-0.3, -0.25) is 19.2 Å². The van der Waals surface area contributed by atoms with E-state index in [0.29, 0.717) is 18.7 Å². The van der Waals surface area contributed by atoms with Crippen LogP contribution in [0.1, 0.15) is 36.6 Å². The van der Waals surface area contributed by atoms with Gasteiger partial charge in [0.1, 0.15) is 12.4 Å². The van der Waals surface area contributed by atoms with Gasteiger partial charge in [-0.1, -0.05) is 18.2 Å². The molecule has 0 N–H and O–H groups in total. The summed E-state index contributed by atoms with van der Waals surface area (Å²) in [6.45, 7) is 1.38. The highest BCUT2D eigenvalue weighted by atomic mass is 35.5. The van der Waals surface area contributed by atoms with Crippen molar-refractivity contribution in [2.75, 3.05) is 27.2 Å². The fourth-order valence-corrected chi connectivity index (χ4v) is 4.36. The summed E-state index contributed by atoms with van der Waals surface area (Å²) < 4.78 is 16.3. The Bertz CT molecular complexity index is 1040. The van der Waals surface area contributed by atoms with Crippen molar-refractivity contribution >= 4 is 42.8 Å². The Morgan fingerprint density at radius 3 is 2.64 bits per heavy atom. The van der Waals surface area contributed by atoms with Gasteiger partial charge in [0.05, 0.1) is 11.7 Å². The molecule has 2 fully saturated rings. The first-order valence-electron chi connectivity index (χ1n) is 11.0. The molecule has 1 amide bonds. The molecule has 2 atom stereocenters. The molecule has 0 radical (unpaired) electrons. The third-order valence-electron chi connectivity index (χ3n) is 6.11. The van der Waals surface area contributed by atoms with Crippen molar-refractivity contribution in [1.29, 1.82) is 0 Å². The van der Waals surface area contributed by atoms with E-state index in [9.17, 15) is 14.0 Å². The van der Waals surface area contributed by atoms with Gasteiger partial charge in [-0.15, -0.1) is 12.4 Å². The Labute approximate surface area is 205 Å². The van der Waals surface area contributed by atoms with Gasteiger partial charge in [0, 0.05) is 50.1 Å². The third-order valence-corrected chi connectivity index (χ3v) is 6.70. The molecular formula is C24H30ClFN4O2S. The number of hydrogen-bond acceptors (Lipinski definition) is 5. The smallest absolute Gasteiger partial charge is 0.243 e. The zero-order valence-electron chi connectivity index (χ0n) is 18.9. The number of nitrogens with zero attached hydrogens (tertiary/aromatic N) is 4. The van der Waals surface area contributed by atoms with Gasteiger partial charge in [0.15, 0.2) is 5.78 Å². The second kappa shape index (κ2) is 10.8. The molecule has 4 rings (SSSR count). The van der Waals surface area contributed by atoms with E-state index in [2.05, 4.69) is 10.00 Å². The molecule has 2 aromatic rings. The van der Waals surface area contributed by atoms with E-state index in [4.69, 9.17) is 12.6 Å². The number of rotatable bonds is 7. The lowest BCUT2D eigenvalue weighted by Gasteiger charge is -2.37. The SMILES string of the molecule is CN(C)C(=O)Cn1ccc(/C=C2\CN(C(C(=O)C3CC3)c3ccccc3F)CCC2S)n1.Cl. The van der Waals surface area contributed by atoms with Crippen LogP contribution in [0.4, 0.5) is 4.39 Å². The van der Waals surface area contributed by atoms with Crippen LogP contribution in [0.15, 0.2) is 42.1 Å². The van der Waals surface area contributed by atoms with Crippen molar-refractivity contribution in [1.82, 2.24) is 19.6 Å². The van der Waals surface area contributed by atoms with Crippen molar-refractivity contribution in [2.24, 2.45) is 5.92 Å². The molecule has 1 aliphatic heterocycles. The summed E-state index contributed by atoms with van der Waals surface area (Å²) >= 11 is 4.75. The number of thiol groups is 1. The number of amides is 1. The Balaban J connectivity index is 0.00000306. The van der Waals surface area contributed by atoms with E-state index >= 15 is 0 Å². The van der Waals surface area contributed by atoms with Crippen LogP contribution < -0.4 is 0 Å². The number of piperidine rings is 1. The van der Waals surface area contributed by atoms with Gasteiger partial charge in [-0.2, -0.15) is 17.7 Å². The fourth-order valence-electron chi connectivity index (χ4n) is 4.08. The quantitative estimate of drug-likeness (QED) is 0.599. The summed E-state index contributed by atoms with van der Waals surface area (Å²) in [7, 11) is 3.43. The Morgan fingerprint density at radius 1 is 1.24 bits per heavy atom. The zero-order valence-corrected chi connectivity index (χ0v) is 20.6. The lowest BCUT2D eigenvalue weighted by molar-refractivity contribution is -0.129. The second-order valence-electron chi connectivity index (χ2n) is 8.82. The molecular weight excluding hydrogens is 463 g/mol. The topological polar surface area (TPSA) is 58.4 Å². The number of aromatic nitrogens is 2. The predicted molar refractivity (Wildman–Crippen MR) is 132 cm³/mol. The average molecular weight is 493 g/mol. The van der Waals surface area contributed by atoms with E-state index in [1.807, 2.05) is 12.1 Å². The molecule has 33 heavy (non-hydrogen) atoms. The standard InChI is InChI=1S/C24H29FN4O2S.ClH/c1-27(2)22(30)15-29-12-9-18(26-29)13-17-14-28(11-10-21(17)32)23(24(31)16-7-8-16)19-5-3-4-6-20(19)25;/h3-6,9,12-13,16,21,23,32H,7-8,10-11,14-15H2,1-2H3;1H/b17-13+;. The number of likely N-dealkylation sites (N-methyl/N-ethyl adjacent to an activating group) is 1. The normalized spacial score (nSPS) is 20.8. The van der Waals surface area contributed by atoms with E-state index < -0.39 is 6.04 Å². The number of halogens is 2. The van der Waals surface area contributed by atoms with Gasteiger partial charge in [-0.25, -0.2) is 4.39 Å². The molecule has 0 spiro atoms. The maximum absolute atomic E-state index is 14.7. The van der Waals surface area contributed by atoms with Crippen LogP contribution in [0, 0.1) is 11.7 Å². The van der Waals surface area contributed by atoms with Crippen molar-refractivity contribution in [3.8, 4) is 0 Å². The molecule has 178 valence electrons. The Kier molecular flexibility index (Phi) is 8.37. The summed E-state index contributed by atoms with van der Waals surface area (Å²) in [5.74, 6) is -0.229. The van der Waals surface area contributed by atoms with Gasteiger partial charge in [-0.05, 0) is 43.0 Å². The summed E-state index contributed by atoms with van der Waals surface area (Å²) in [4.78, 5) is 28.7. The third kappa shape index (κ3) is 6.05. The number of ketones is 1. The monoisotopic (exact) mass is 492 g/mol. The summed E-state index contributed by atoms with van der Waals surface area (Å²) in [5, 5.41) is 4.53. The number of likely N-dealkylation sites (tertiary alicyclic amines) is 1. The Hall–Kier alpha value is -2.16. The highest BCUT2D eigenvalue weighted by Crippen LogP contribution is 2.39. The highest BCUT2D eigenvalue weighted by molar-refractivity contribution is 7.81. The molecule has 2 aliphatic rings. The summed E-state index contributed by atoms with van der Waals surface area (Å²) in [5.41, 5.74) is 2.23. The number of Topliss-reactive ketones (excluding diaryl/α,β-unsaturated/α-hetero) is 1. The lowest BCUT2D eigenvalue weighted by Crippen LogP contribution is -2.42. The first-order chi connectivity index (χ1) is 15.3. The van der Waals surface area contributed by atoms with E-state index in [1.54, 1.807) is 43.2 Å². The minimum Gasteiger partial charge on any atom is -0.347 e. The largest absolute Gasteiger partial charge is 0.347 e. The van der Waals surface area contributed by atoms with Gasteiger partial charge in [0.2, 0.25) is 5.91 Å². The first-order valence-corrected chi connectivity index (χ1v) is 11.5. The van der Waals surface area contributed by atoms with Crippen LogP contribution in [-0.4, -0.2) is 63.7 Å². The minimum absolute atomic E-state index is 0. The van der Waals surface area contributed by atoms with Crippen LogP contribution >= 0.6 is 25.0 Å². The zero-order chi connectivity index (χ0) is 22.8. The van der Waals surface area contributed by atoms with Crippen LogP contribution in [0.3, 0.4) is 0 Å². The highest BCUT2D eigenvalue weighted by Gasteiger charge is 2.40. The van der Waals surface area contributed by atoms with E-state index in [0.717, 1.165) is 30.5 Å². The van der Waals surface area contributed by atoms with Gasteiger partial charge < -0.3 is 4.90 Å². The minimum atomic E-state index is -0.580.